The predicted octanol–water partition coefficient (Wildman–Crippen LogP) is 4.01. The van der Waals surface area contributed by atoms with E-state index < -0.39 is 0 Å². The van der Waals surface area contributed by atoms with E-state index in [9.17, 15) is 4.79 Å². The van der Waals surface area contributed by atoms with Crippen LogP contribution < -0.4 is 0 Å². The number of ketones is 1. The van der Waals surface area contributed by atoms with E-state index in [1.807, 2.05) is 18.2 Å². The summed E-state index contributed by atoms with van der Waals surface area (Å²) >= 11 is 1.16. The molecular weight excluding hydrogens is 290 g/mol. The van der Waals surface area contributed by atoms with Crippen LogP contribution in [0.1, 0.15) is 41.9 Å². The molecular formula is C19H19NOS. The minimum Gasteiger partial charge on any atom is -0.306 e. The largest absolute Gasteiger partial charge is 0.306 e. The maximum absolute atomic E-state index is 12.7. The van der Waals surface area contributed by atoms with Crippen LogP contribution in [0.2, 0.25) is 0 Å². The number of Topliss-reactive ketones (excluding diaryl/α,β-unsaturated/α-hetero) is 1. The molecule has 2 nitrogen and oxygen atoms in total. The first-order chi connectivity index (χ1) is 11.6. The van der Waals surface area contributed by atoms with Crippen molar-refractivity contribution in [3.05, 3.63) is 62.8 Å². The van der Waals surface area contributed by atoms with Crippen LogP contribution in [0.4, 0.5) is 0 Å². The summed E-state index contributed by atoms with van der Waals surface area (Å²) in [6.07, 6.45) is 2.27. The molecule has 1 saturated heterocycles. The lowest BCUT2D eigenvalue weighted by molar-refractivity contribution is 0.0997. The van der Waals surface area contributed by atoms with Crippen molar-refractivity contribution in [1.82, 2.24) is 4.90 Å². The molecule has 112 valence electrons. The Morgan fingerprint density at radius 3 is 2.77 bits per heavy atom. The summed E-state index contributed by atoms with van der Waals surface area (Å²) in [5.41, 5.74) is 5.20. The van der Waals surface area contributed by atoms with Crippen molar-refractivity contribution in [2.45, 2.75) is 19.3 Å². The van der Waals surface area contributed by atoms with Gasteiger partial charge >= 0.3 is 0 Å². The van der Waals surface area contributed by atoms with Gasteiger partial charge in [-0.15, -0.1) is 11.3 Å². The molecule has 2 aliphatic rings. The summed E-state index contributed by atoms with van der Waals surface area (Å²) in [7, 11) is 2.12. The van der Waals surface area contributed by atoms with Crippen molar-refractivity contribution in [2.75, 3.05) is 20.1 Å². The van der Waals surface area contributed by atoms with Crippen molar-refractivity contribution in [2.24, 2.45) is 0 Å². The van der Waals surface area contributed by atoms with E-state index in [-0.39, 0.29) is 17.2 Å². The summed E-state index contributed by atoms with van der Waals surface area (Å²) in [5, 5.41) is 0.193. The number of carbonyl (C=O) groups excluding carboxylic acids is 1. The van der Waals surface area contributed by atoms with Gasteiger partial charge in [-0.05, 0) is 48.0 Å². The molecule has 0 saturated carbocycles. The molecule has 3 heteroatoms. The molecule has 4 rings (SSSR count). The fourth-order valence-electron chi connectivity index (χ4n) is 3.42. The molecule has 0 bridgehead atoms. The molecule has 22 heavy (non-hydrogen) atoms. The van der Waals surface area contributed by atoms with Crippen LogP contribution in [0.3, 0.4) is 0 Å². The average Bonchev–Trinajstić information content (AvgIpc) is 2.80. The van der Waals surface area contributed by atoms with E-state index in [4.69, 9.17) is 2.74 Å². The first kappa shape index (κ1) is 11.8. The Hall–Kier alpha value is -1.71. The Kier molecular flexibility index (Phi) is 2.94. The van der Waals surface area contributed by atoms with Crippen molar-refractivity contribution in [3.63, 3.8) is 0 Å². The minimum atomic E-state index is 0.0398. The number of carbonyl (C=O) groups is 1. The summed E-state index contributed by atoms with van der Waals surface area (Å²) in [6.45, 7) is 1.99. The van der Waals surface area contributed by atoms with E-state index >= 15 is 0 Å². The van der Waals surface area contributed by atoms with Gasteiger partial charge in [-0.2, -0.15) is 0 Å². The second-order valence-corrected chi connectivity index (χ2v) is 6.89. The van der Waals surface area contributed by atoms with Crippen molar-refractivity contribution in [3.8, 4) is 0 Å². The monoisotopic (exact) mass is 311 g/mol. The first-order valence-electron chi connectivity index (χ1n) is 8.68. The van der Waals surface area contributed by atoms with Crippen LogP contribution in [0.25, 0.3) is 5.57 Å². The van der Waals surface area contributed by atoms with E-state index in [1.54, 1.807) is 0 Å². The van der Waals surface area contributed by atoms with Gasteiger partial charge in [0.2, 0.25) is 0 Å². The number of hydrogen-bond donors (Lipinski definition) is 0. The lowest BCUT2D eigenvalue weighted by Crippen LogP contribution is -2.27. The van der Waals surface area contributed by atoms with E-state index in [0.29, 0.717) is 16.9 Å². The molecule has 1 aliphatic carbocycles. The molecule has 0 unspecified atom stereocenters. The van der Waals surface area contributed by atoms with Crippen LogP contribution in [0.15, 0.2) is 41.2 Å². The zero-order valence-corrected chi connectivity index (χ0v) is 13.4. The van der Waals surface area contributed by atoms with Gasteiger partial charge in [-0.1, -0.05) is 29.8 Å². The fraction of sp³-hybridized carbons (Fsp3) is 0.316. The van der Waals surface area contributed by atoms with Crippen molar-refractivity contribution < 1.29 is 7.54 Å². The summed E-state index contributed by atoms with van der Waals surface area (Å²) in [4.78, 5) is 15.6. The quantitative estimate of drug-likeness (QED) is 0.732. The van der Waals surface area contributed by atoms with Crippen LogP contribution in [-0.4, -0.2) is 30.8 Å². The topological polar surface area (TPSA) is 20.3 Å². The second kappa shape index (κ2) is 5.49. The third kappa shape index (κ3) is 2.25. The number of rotatable bonds is 0. The highest BCUT2D eigenvalue weighted by Gasteiger charge is 2.27. The Labute approximate surface area is 137 Å². The summed E-state index contributed by atoms with van der Waals surface area (Å²) in [6, 6.07) is 8.27. The van der Waals surface area contributed by atoms with Gasteiger partial charge in [0, 0.05) is 25.1 Å². The molecule has 1 aliphatic heterocycles. The average molecular weight is 311 g/mol. The zero-order valence-electron chi connectivity index (χ0n) is 14.6. The number of fused-ring (bicyclic) bond motifs is 2. The molecule has 0 amide bonds. The van der Waals surface area contributed by atoms with Crippen molar-refractivity contribution >= 4 is 22.7 Å². The van der Waals surface area contributed by atoms with Crippen LogP contribution in [0, 0.1) is 0 Å². The fourth-order valence-corrected chi connectivity index (χ4v) is 4.12. The molecule has 1 fully saturated rings. The number of thiophene rings is 1. The molecule has 0 spiro atoms. The standard InChI is InChI=1S/C19H19NOS/c1-20-9-6-13(7-10-20)18-15-5-3-2-4-14(15)12-17(21)19-16(18)8-11-22-19/h2-5,8,11H,6-7,9-10,12H2,1H3/i8D,11D. The third-order valence-corrected chi connectivity index (χ3v) is 5.48. The molecule has 1 aromatic carbocycles. The van der Waals surface area contributed by atoms with E-state index in [0.717, 1.165) is 54.0 Å². The van der Waals surface area contributed by atoms with E-state index in [1.165, 1.54) is 5.57 Å². The molecule has 2 aromatic rings. The molecule has 1 aromatic heterocycles. The summed E-state index contributed by atoms with van der Waals surface area (Å²) < 4.78 is 16.4. The van der Waals surface area contributed by atoms with Crippen LogP contribution in [0.5, 0.6) is 0 Å². The number of likely N-dealkylation sites (tertiary alicyclic amines) is 1. The lowest BCUT2D eigenvalue weighted by Gasteiger charge is -2.27. The number of piperidine rings is 1. The predicted molar refractivity (Wildman–Crippen MR) is 91.5 cm³/mol. The lowest BCUT2D eigenvalue weighted by atomic mass is 9.88. The van der Waals surface area contributed by atoms with E-state index in [2.05, 4.69) is 18.0 Å². The van der Waals surface area contributed by atoms with Gasteiger partial charge in [0.15, 0.2) is 5.78 Å². The van der Waals surface area contributed by atoms with Crippen molar-refractivity contribution in [1.29, 1.82) is 0 Å². The smallest absolute Gasteiger partial charge is 0.177 e. The van der Waals surface area contributed by atoms with Gasteiger partial charge in [0.1, 0.15) is 0 Å². The summed E-state index contributed by atoms with van der Waals surface area (Å²) in [5.74, 6) is 0.0398. The Morgan fingerprint density at radius 2 is 1.95 bits per heavy atom. The van der Waals surface area contributed by atoms with Gasteiger partial charge in [-0.3, -0.25) is 4.79 Å². The molecule has 0 atom stereocenters. The SMILES string of the molecule is [2H]c1sc2c(c1[2H])C(=C1CCN(C)CC1)c1ccccc1CC2=O. The zero-order chi connectivity index (χ0) is 16.8. The highest BCUT2D eigenvalue weighted by Crippen LogP contribution is 2.40. The van der Waals surface area contributed by atoms with Crippen LogP contribution in [-0.2, 0) is 6.42 Å². The Morgan fingerprint density at radius 1 is 1.18 bits per heavy atom. The Balaban J connectivity index is 2.02. The highest BCUT2D eigenvalue weighted by molar-refractivity contribution is 7.12. The third-order valence-electron chi connectivity index (χ3n) is 4.64. The van der Waals surface area contributed by atoms with Gasteiger partial charge in [0.25, 0.3) is 0 Å². The number of benzene rings is 1. The number of hydrogen-bond acceptors (Lipinski definition) is 3. The maximum Gasteiger partial charge on any atom is 0.177 e. The van der Waals surface area contributed by atoms with Gasteiger partial charge < -0.3 is 4.90 Å². The highest BCUT2D eigenvalue weighted by atomic mass is 32.1. The Bertz CT molecular complexity index is 858. The van der Waals surface area contributed by atoms with Crippen LogP contribution >= 0.6 is 11.3 Å². The maximum atomic E-state index is 12.7. The molecule has 0 N–H and O–H groups in total. The normalized spacial score (nSPS) is 20.1. The second-order valence-electron chi connectivity index (χ2n) is 6.07. The van der Waals surface area contributed by atoms with Gasteiger partial charge in [-0.25, -0.2) is 0 Å². The number of nitrogens with zero attached hydrogens (tertiary/aromatic N) is 1. The first-order valence-corrected chi connectivity index (χ1v) is 8.50. The minimum absolute atomic E-state index is 0.0398. The molecule has 0 radical (unpaired) electrons. The van der Waals surface area contributed by atoms with Gasteiger partial charge in [0.05, 0.1) is 7.62 Å². The molecule has 2 heterocycles.